The van der Waals surface area contributed by atoms with Crippen molar-refractivity contribution < 1.29 is 117 Å². The Labute approximate surface area is 325 Å². The number of phosphoric acid groups is 2. The van der Waals surface area contributed by atoms with Gasteiger partial charge >= 0.3 is 21.3 Å². The maximum Gasteiger partial charge on any atom is 0.483 e. The smallest absolute Gasteiger partial charge is 0.394 e. The van der Waals surface area contributed by atoms with Crippen LogP contribution in [0.1, 0.15) is 13.2 Å². The standard InChI is InChI=1S/C28H46N2O26P2/c1-8-14(35)9(4-31)50-25(15(8)36)53-22-10(5-32)51-26(20(41)17(22)38)54-23-11(6-33)52-27(21(42)18(23)39)55-58(46,47)56-57(44,45)48-7-12-16(37)19(40)24(49-12)30-3-2-13(34)29-28(30)43/h2-3,8-12,14-27,31-33,35-42H,4-7H2,1H3,(H,44,45)(H,46,47)(H,29,34,43)/t8?,9?,10?,11?,12-,14?,15?,16-,17?,18?,19-,20?,21?,22?,23?,24-,25?,26+,27?/m1/s1. The van der Waals surface area contributed by atoms with Gasteiger partial charge in [0.1, 0.15) is 79.4 Å². The third-order valence-electron chi connectivity index (χ3n) is 9.76. The van der Waals surface area contributed by atoms with Gasteiger partial charge in [0.05, 0.1) is 32.5 Å². The minimum absolute atomic E-state index is 0.679. The second-order valence-electron chi connectivity index (χ2n) is 13.7. The molecule has 4 fully saturated rings. The molecule has 58 heavy (non-hydrogen) atoms. The maximum absolute atomic E-state index is 12.7. The number of rotatable bonds is 15. The second-order valence-corrected chi connectivity index (χ2v) is 16.7. The quantitative estimate of drug-likeness (QED) is 0.0727. The van der Waals surface area contributed by atoms with Crippen molar-refractivity contribution in [2.75, 3.05) is 26.4 Å². The minimum atomic E-state index is -5.85. The van der Waals surface area contributed by atoms with Crippen molar-refractivity contribution >= 4 is 15.6 Å². The Morgan fingerprint density at radius 3 is 1.72 bits per heavy atom. The predicted octanol–water partition coefficient (Wildman–Crippen LogP) is -7.87. The predicted molar refractivity (Wildman–Crippen MR) is 177 cm³/mol. The number of phosphoric ester groups is 2. The summed E-state index contributed by atoms with van der Waals surface area (Å²) in [5.41, 5.74) is -1.83. The SMILES string of the molecule is CC1C(O)C(CO)OC(OC2C(CO)O[C@@H](OC3C(CO)OC(OP(=O)(O)OP(=O)(O)OC[C@H]4O[C@@H](n5ccc(=O)[nH]c5=O)[C@H](O)[C@@H]4O)C(O)C3O)C(O)C2O)C1O. The lowest BCUT2D eigenvalue weighted by Gasteiger charge is -2.48. The highest BCUT2D eigenvalue weighted by Gasteiger charge is 2.55. The molecule has 0 saturated carbocycles. The Hall–Kier alpha value is -1.74. The Balaban J connectivity index is 1.17. The van der Waals surface area contributed by atoms with E-state index in [0.29, 0.717) is 4.57 Å². The Morgan fingerprint density at radius 2 is 1.17 bits per heavy atom. The molecule has 0 radical (unpaired) electrons. The molecular weight excluding hydrogens is 842 g/mol. The van der Waals surface area contributed by atoms with E-state index in [2.05, 4.69) is 13.4 Å². The number of nitrogens with zero attached hydrogens (tertiary/aromatic N) is 1. The molecule has 16 unspecified atom stereocenters. The fourth-order valence-electron chi connectivity index (χ4n) is 6.53. The second kappa shape index (κ2) is 19.1. The first-order chi connectivity index (χ1) is 27.1. The van der Waals surface area contributed by atoms with E-state index in [0.717, 1.165) is 12.3 Å². The fraction of sp³-hybridized carbons (Fsp3) is 0.857. The van der Waals surface area contributed by atoms with Crippen LogP contribution >= 0.6 is 15.6 Å². The Bertz CT molecular complexity index is 1730. The summed E-state index contributed by atoms with van der Waals surface area (Å²) in [5.74, 6) is -0.899. The molecule has 0 aromatic carbocycles. The van der Waals surface area contributed by atoms with Crippen molar-refractivity contribution in [1.29, 1.82) is 0 Å². The first-order valence-corrected chi connectivity index (χ1v) is 20.3. The number of aliphatic hydroxyl groups excluding tert-OH is 11. The average molecular weight is 889 g/mol. The Morgan fingerprint density at radius 1 is 0.655 bits per heavy atom. The molecule has 0 amide bonds. The van der Waals surface area contributed by atoms with E-state index in [1.54, 1.807) is 0 Å². The van der Waals surface area contributed by atoms with Crippen LogP contribution in [0.15, 0.2) is 21.9 Å². The zero-order valence-electron chi connectivity index (χ0n) is 29.9. The molecule has 28 nitrogen and oxygen atoms in total. The van der Waals surface area contributed by atoms with Gasteiger partial charge in [-0.3, -0.25) is 23.4 Å². The van der Waals surface area contributed by atoms with E-state index >= 15 is 0 Å². The summed E-state index contributed by atoms with van der Waals surface area (Å²) in [7, 11) is -11.5. The highest BCUT2D eigenvalue weighted by Crippen LogP contribution is 2.61. The molecule has 334 valence electrons. The molecule has 21 atom stereocenters. The van der Waals surface area contributed by atoms with Crippen LogP contribution in [0.5, 0.6) is 0 Å². The Kier molecular flexibility index (Phi) is 15.6. The van der Waals surface area contributed by atoms with Crippen LogP contribution in [0, 0.1) is 5.92 Å². The molecule has 4 aliphatic heterocycles. The van der Waals surface area contributed by atoms with Crippen LogP contribution in [0.25, 0.3) is 0 Å². The fourth-order valence-corrected chi connectivity index (χ4v) is 8.69. The van der Waals surface area contributed by atoms with Gasteiger partial charge < -0.3 is 94.4 Å². The molecule has 5 heterocycles. The van der Waals surface area contributed by atoms with E-state index in [-0.39, 0.29) is 0 Å². The van der Waals surface area contributed by atoms with Gasteiger partial charge in [0.15, 0.2) is 25.1 Å². The molecule has 1 aromatic rings. The van der Waals surface area contributed by atoms with E-state index < -0.39 is 170 Å². The zero-order valence-corrected chi connectivity index (χ0v) is 31.7. The van der Waals surface area contributed by atoms with Crippen LogP contribution in [-0.4, -0.2) is 206 Å². The molecule has 0 aliphatic carbocycles. The van der Waals surface area contributed by atoms with Gasteiger partial charge in [-0.2, -0.15) is 4.31 Å². The molecule has 14 N–H and O–H groups in total. The number of aromatic nitrogens is 2. The average Bonchev–Trinajstić information content (AvgIpc) is 3.44. The van der Waals surface area contributed by atoms with Crippen LogP contribution in [-0.2, 0) is 50.9 Å². The van der Waals surface area contributed by atoms with Gasteiger partial charge in [-0.05, 0) is 0 Å². The van der Waals surface area contributed by atoms with Crippen molar-refractivity contribution in [2.24, 2.45) is 5.92 Å². The zero-order chi connectivity index (χ0) is 43.0. The number of hydrogen-bond acceptors (Lipinski definition) is 24. The summed E-state index contributed by atoms with van der Waals surface area (Å²) in [5, 5.41) is 114. The third kappa shape index (κ3) is 10.3. The van der Waals surface area contributed by atoms with Gasteiger partial charge in [-0.25, -0.2) is 13.9 Å². The number of hydrogen-bond donors (Lipinski definition) is 14. The lowest BCUT2D eigenvalue weighted by molar-refractivity contribution is -0.375. The van der Waals surface area contributed by atoms with Crippen molar-refractivity contribution in [1.82, 2.24) is 9.55 Å². The van der Waals surface area contributed by atoms with Gasteiger partial charge in [-0.15, -0.1) is 0 Å². The van der Waals surface area contributed by atoms with Gasteiger partial charge in [-0.1, -0.05) is 6.92 Å². The van der Waals surface area contributed by atoms with Gasteiger partial charge in [0.2, 0.25) is 0 Å². The molecule has 5 rings (SSSR count). The molecule has 30 heteroatoms. The van der Waals surface area contributed by atoms with Gasteiger partial charge in [0.25, 0.3) is 5.56 Å². The molecule has 0 spiro atoms. The maximum atomic E-state index is 12.7. The van der Waals surface area contributed by atoms with E-state index in [9.17, 15) is 84.7 Å². The third-order valence-corrected chi connectivity index (χ3v) is 12.4. The van der Waals surface area contributed by atoms with Crippen molar-refractivity contribution in [3.05, 3.63) is 33.1 Å². The number of H-pyrrole nitrogens is 1. The summed E-state index contributed by atoms with van der Waals surface area (Å²) in [6.07, 6.45) is -31.8. The van der Waals surface area contributed by atoms with Crippen molar-refractivity contribution in [3.8, 4) is 0 Å². The largest absolute Gasteiger partial charge is 0.483 e. The first-order valence-electron chi connectivity index (χ1n) is 17.3. The lowest BCUT2D eigenvalue weighted by Crippen LogP contribution is -2.66. The highest BCUT2D eigenvalue weighted by atomic mass is 31.3. The summed E-state index contributed by atoms with van der Waals surface area (Å²) >= 11 is 0. The van der Waals surface area contributed by atoms with Crippen molar-refractivity contribution in [2.45, 2.75) is 117 Å². The molecule has 4 saturated heterocycles. The normalized spacial score (nSPS) is 44.4. The summed E-state index contributed by atoms with van der Waals surface area (Å²) in [6, 6.07) is 0.898. The molecular formula is C28H46N2O26P2. The van der Waals surface area contributed by atoms with Crippen LogP contribution in [0.4, 0.5) is 0 Å². The monoisotopic (exact) mass is 888 g/mol. The number of aliphatic hydroxyl groups is 11. The van der Waals surface area contributed by atoms with Gasteiger partial charge in [0, 0.05) is 18.2 Å². The summed E-state index contributed by atoms with van der Waals surface area (Å²) in [4.78, 5) is 45.6. The first kappa shape index (κ1) is 47.3. The molecule has 4 aliphatic rings. The van der Waals surface area contributed by atoms with E-state index in [1.165, 1.54) is 6.92 Å². The number of aromatic amines is 1. The van der Waals surface area contributed by atoms with Crippen LogP contribution in [0.2, 0.25) is 0 Å². The lowest BCUT2D eigenvalue weighted by atomic mass is 9.90. The summed E-state index contributed by atoms with van der Waals surface area (Å²) in [6.45, 7) is -2.41. The summed E-state index contributed by atoms with van der Waals surface area (Å²) < 4.78 is 72.0. The molecule has 0 bridgehead atoms. The van der Waals surface area contributed by atoms with E-state index in [4.69, 9.17) is 28.4 Å². The van der Waals surface area contributed by atoms with Crippen LogP contribution in [0.3, 0.4) is 0 Å². The minimum Gasteiger partial charge on any atom is -0.394 e. The highest BCUT2D eigenvalue weighted by molar-refractivity contribution is 7.61. The molecule has 1 aromatic heterocycles. The topological polar surface area (TPSA) is 435 Å². The number of nitrogens with one attached hydrogen (secondary N) is 1. The van der Waals surface area contributed by atoms with Crippen molar-refractivity contribution in [3.63, 3.8) is 0 Å². The van der Waals surface area contributed by atoms with Crippen LogP contribution < -0.4 is 11.2 Å². The number of ether oxygens (including phenoxy) is 6. The van der Waals surface area contributed by atoms with E-state index in [1.807, 2.05) is 4.98 Å².